The Labute approximate surface area is 123 Å². The van der Waals surface area contributed by atoms with E-state index >= 15 is 0 Å². The molecule has 0 spiro atoms. The van der Waals surface area contributed by atoms with Crippen LogP contribution in [0.5, 0.6) is 0 Å². The number of fused-ring (bicyclic) bond motifs is 1. The Morgan fingerprint density at radius 3 is 2.90 bits per heavy atom. The number of hydrogen-bond donors (Lipinski definition) is 2. The second-order valence-electron chi connectivity index (χ2n) is 6.29. The number of carbonyl (C=O) groups excluding carboxylic acids is 1. The molecule has 0 unspecified atom stereocenters. The van der Waals surface area contributed by atoms with Crippen LogP contribution >= 0.6 is 0 Å². The van der Waals surface area contributed by atoms with Crippen molar-refractivity contribution in [3.05, 3.63) is 24.0 Å². The van der Waals surface area contributed by atoms with E-state index in [9.17, 15) is 14.7 Å². The van der Waals surface area contributed by atoms with Crippen molar-refractivity contribution >= 4 is 11.9 Å². The summed E-state index contributed by atoms with van der Waals surface area (Å²) in [6.45, 7) is 2.47. The molecule has 0 saturated carbocycles. The summed E-state index contributed by atoms with van der Waals surface area (Å²) in [7, 11) is 1.95. The number of H-pyrrole nitrogens is 1. The SMILES string of the molecule is CN1C[C@H]2CN(C(=O)c3ccc[nH]3)CCC[C@@]2(C(=O)O)C1. The minimum absolute atomic E-state index is 0.00131. The van der Waals surface area contributed by atoms with Crippen molar-refractivity contribution in [2.75, 3.05) is 33.2 Å². The number of aromatic nitrogens is 1. The Kier molecular flexibility index (Phi) is 3.49. The number of carboxylic acids is 1. The van der Waals surface area contributed by atoms with E-state index in [2.05, 4.69) is 9.88 Å². The number of likely N-dealkylation sites (tertiary alicyclic amines) is 2. The molecule has 0 aliphatic carbocycles. The molecule has 1 amide bonds. The molecule has 1 aromatic rings. The van der Waals surface area contributed by atoms with Crippen molar-refractivity contribution in [3.8, 4) is 0 Å². The number of hydrogen-bond acceptors (Lipinski definition) is 3. The molecule has 2 aliphatic heterocycles. The van der Waals surface area contributed by atoms with Crippen molar-refractivity contribution in [1.29, 1.82) is 0 Å². The van der Waals surface area contributed by atoms with Gasteiger partial charge in [-0.3, -0.25) is 9.59 Å². The number of rotatable bonds is 2. The molecule has 1 aromatic heterocycles. The van der Waals surface area contributed by atoms with Crippen LogP contribution in [-0.2, 0) is 4.79 Å². The molecular formula is C15H21N3O3. The van der Waals surface area contributed by atoms with E-state index in [1.54, 1.807) is 23.2 Å². The van der Waals surface area contributed by atoms with Gasteiger partial charge in [0.25, 0.3) is 5.91 Å². The van der Waals surface area contributed by atoms with E-state index in [0.717, 1.165) is 13.0 Å². The Hall–Kier alpha value is -1.82. The quantitative estimate of drug-likeness (QED) is 0.848. The lowest BCUT2D eigenvalue weighted by Crippen LogP contribution is -2.42. The molecule has 2 fully saturated rings. The van der Waals surface area contributed by atoms with Crippen LogP contribution in [0.15, 0.2) is 18.3 Å². The third kappa shape index (κ3) is 2.33. The predicted molar refractivity (Wildman–Crippen MR) is 77.0 cm³/mol. The van der Waals surface area contributed by atoms with Gasteiger partial charge in [-0.25, -0.2) is 0 Å². The normalized spacial score (nSPS) is 30.0. The Morgan fingerprint density at radius 1 is 1.43 bits per heavy atom. The van der Waals surface area contributed by atoms with Crippen molar-refractivity contribution in [3.63, 3.8) is 0 Å². The van der Waals surface area contributed by atoms with Crippen molar-refractivity contribution < 1.29 is 14.7 Å². The maximum absolute atomic E-state index is 12.5. The molecule has 0 radical (unpaired) electrons. The summed E-state index contributed by atoms with van der Waals surface area (Å²) in [6, 6.07) is 3.56. The Morgan fingerprint density at radius 2 is 2.24 bits per heavy atom. The first-order valence-corrected chi connectivity index (χ1v) is 7.37. The summed E-state index contributed by atoms with van der Waals surface area (Å²) in [5.41, 5.74) is -0.122. The van der Waals surface area contributed by atoms with Crippen LogP contribution in [0, 0.1) is 11.3 Å². The zero-order valence-electron chi connectivity index (χ0n) is 12.2. The van der Waals surface area contributed by atoms with Gasteiger partial charge >= 0.3 is 5.97 Å². The zero-order chi connectivity index (χ0) is 15.0. The van der Waals surface area contributed by atoms with E-state index in [-0.39, 0.29) is 11.8 Å². The molecule has 2 atom stereocenters. The van der Waals surface area contributed by atoms with E-state index in [4.69, 9.17) is 0 Å². The van der Waals surface area contributed by atoms with Gasteiger partial charge in [-0.2, -0.15) is 0 Å². The maximum atomic E-state index is 12.5. The fourth-order valence-electron chi connectivity index (χ4n) is 3.85. The number of aliphatic carboxylic acids is 1. The lowest BCUT2D eigenvalue weighted by molar-refractivity contribution is -0.150. The largest absolute Gasteiger partial charge is 0.481 e. The number of amides is 1. The highest BCUT2D eigenvalue weighted by molar-refractivity contribution is 5.92. The first-order chi connectivity index (χ1) is 10.0. The van der Waals surface area contributed by atoms with E-state index < -0.39 is 11.4 Å². The minimum atomic E-state index is -0.717. The zero-order valence-corrected chi connectivity index (χ0v) is 12.2. The fourth-order valence-corrected chi connectivity index (χ4v) is 3.85. The highest BCUT2D eigenvalue weighted by Crippen LogP contribution is 2.42. The van der Waals surface area contributed by atoms with Gasteiger partial charge in [0.1, 0.15) is 5.69 Å². The molecule has 21 heavy (non-hydrogen) atoms. The average molecular weight is 291 g/mol. The number of carbonyl (C=O) groups is 2. The standard InChI is InChI=1S/C15H21N3O3/c1-17-8-11-9-18(13(19)12-4-2-6-16-12)7-3-5-15(11,10-17)14(20)21/h2,4,6,11,16H,3,5,7-10H2,1H3,(H,20,21)/t11-,15+/m0/s1. The molecule has 2 saturated heterocycles. The Balaban J connectivity index is 1.83. The summed E-state index contributed by atoms with van der Waals surface area (Å²) in [6.07, 6.45) is 3.12. The predicted octanol–water partition coefficient (Wildman–Crippen LogP) is 0.883. The number of carboxylic acid groups (broad SMARTS) is 1. The van der Waals surface area contributed by atoms with Crippen LogP contribution in [0.2, 0.25) is 0 Å². The smallest absolute Gasteiger partial charge is 0.311 e. The molecular weight excluding hydrogens is 270 g/mol. The summed E-state index contributed by atoms with van der Waals surface area (Å²) < 4.78 is 0. The summed E-state index contributed by atoms with van der Waals surface area (Å²) in [4.78, 5) is 31.1. The molecule has 6 nitrogen and oxygen atoms in total. The molecule has 3 heterocycles. The lowest BCUT2D eigenvalue weighted by atomic mass is 9.75. The molecule has 0 bridgehead atoms. The van der Waals surface area contributed by atoms with E-state index in [1.165, 1.54) is 0 Å². The highest BCUT2D eigenvalue weighted by Gasteiger charge is 2.52. The fraction of sp³-hybridized carbons (Fsp3) is 0.600. The van der Waals surface area contributed by atoms with E-state index in [0.29, 0.717) is 31.7 Å². The first kappa shape index (κ1) is 14.1. The molecule has 6 heteroatoms. The number of aromatic amines is 1. The third-order valence-corrected chi connectivity index (χ3v) is 4.90. The highest BCUT2D eigenvalue weighted by atomic mass is 16.4. The van der Waals surface area contributed by atoms with Gasteiger partial charge in [-0.1, -0.05) is 0 Å². The van der Waals surface area contributed by atoms with Crippen molar-refractivity contribution in [2.45, 2.75) is 12.8 Å². The maximum Gasteiger partial charge on any atom is 0.311 e. The molecule has 2 N–H and O–H groups in total. The monoisotopic (exact) mass is 291 g/mol. The van der Waals surface area contributed by atoms with Crippen LogP contribution < -0.4 is 0 Å². The van der Waals surface area contributed by atoms with Gasteiger partial charge in [0.15, 0.2) is 0 Å². The average Bonchev–Trinajstić information content (AvgIpc) is 3.02. The van der Waals surface area contributed by atoms with Gasteiger partial charge in [0, 0.05) is 38.3 Å². The molecule has 0 aromatic carbocycles. The van der Waals surface area contributed by atoms with Crippen LogP contribution in [-0.4, -0.2) is 65.0 Å². The van der Waals surface area contributed by atoms with Crippen LogP contribution in [0.1, 0.15) is 23.3 Å². The summed E-state index contributed by atoms with van der Waals surface area (Å²) in [5, 5.41) is 9.71. The van der Waals surface area contributed by atoms with Gasteiger partial charge in [-0.05, 0) is 32.0 Å². The third-order valence-electron chi connectivity index (χ3n) is 4.90. The topological polar surface area (TPSA) is 76.6 Å². The molecule has 2 aliphatic rings. The number of nitrogens with zero attached hydrogens (tertiary/aromatic N) is 2. The minimum Gasteiger partial charge on any atom is -0.481 e. The van der Waals surface area contributed by atoms with Gasteiger partial charge < -0.3 is 19.9 Å². The second kappa shape index (κ2) is 5.18. The molecule has 3 rings (SSSR count). The van der Waals surface area contributed by atoms with Crippen molar-refractivity contribution in [1.82, 2.24) is 14.8 Å². The first-order valence-electron chi connectivity index (χ1n) is 7.37. The van der Waals surface area contributed by atoms with E-state index in [1.807, 2.05) is 7.05 Å². The van der Waals surface area contributed by atoms with Crippen LogP contribution in [0.4, 0.5) is 0 Å². The van der Waals surface area contributed by atoms with Gasteiger partial charge in [-0.15, -0.1) is 0 Å². The summed E-state index contributed by atoms with van der Waals surface area (Å²) in [5.74, 6) is -0.747. The van der Waals surface area contributed by atoms with Gasteiger partial charge in [0.2, 0.25) is 0 Å². The lowest BCUT2D eigenvalue weighted by Gasteiger charge is -2.29. The number of nitrogens with one attached hydrogen (secondary N) is 1. The van der Waals surface area contributed by atoms with Crippen molar-refractivity contribution in [2.24, 2.45) is 11.3 Å². The van der Waals surface area contributed by atoms with Crippen LogP contribution in [0.3, 0.4) is 0 Å². The molecule has 114 valence electrons. The van der Waals surface area contributed by atoms with Crippen LogP contribution in [0.25, 0.3) is 0 Å². The Bertz CT molecular complexity index is 542. The second-order valence-corrected chi connectivity index (χ2v) is 6.29. The summed E-state index contributed by atoms with van der Waals surface area (Å²) >= 11 is 0. The van der Waals surface area contributed by atoms with Gasteiger partial charge in [0.05, 0.1) is 5.41 Å².